The third kappa shape index (κ3) is 2.73. The van der Waals surface area contributed by atoms with Crippen molar-refractivity contribution in [3.63, 3.8) is 0 Å². The van der Waals surface area contributed by atoms with E-state index in [1.807, 2.05) is 6.07 Å². The topological polar surface area (TPSA) is 74.5 Å². The van der Waals surface area contributed by atoms with E-state index in [1.165, 1.54) is 0 Å². The number of hydrogen-bond acceptors (Lipinski definition) is 7. The van der Waals surface area contributed by atoms with Crippen molar-refractivity contribution in [3.05, 3.63) is 11.8 Å². The summed E-state index contributed by atoms with van der Waals surface area (Å²) in [6.07, 6.45) is 2.85. The molecule has 0 amide bonds. The Balaban J connectivity index is 1.64. The van der Waals surface area contributed by atoms with Gasteiger partial charge in [-0.05, 0) is 19.8 Å². The number of anilines is 2. The molecule has 3 saturated heterocycles. The number of morpholine rings is 2. The van der Waals surface area contributed by atoms with E-state index in [9.17, 15) is 5.26 Å². The van der Waals surface area contributed by atoms with Crippen LogP contribution in [-0.4, -0.2) is 61.3 Å². The molecule has 7 nitrogen and oxygen atoms in total. The van der Waals surface area contributed by atoms with Gasteiger partial charge in [-0.1, -0.05) is 0 Å². The predicted octanol–water partition coefficient (Wildman–Crippen LogP) is 0.941. The molecule has 3 atom stereocenters. The van der Waals surface area contributed by atoms with E-state index in [0.29, 0.717) is 31.1 Å². The van der Waals surface area contributed by atoms with Gasteiger partial charge in [0.2, 0.25) is 0 Å². The predicted molar refractivity (Wildman–Crippen MR) is 84.5 cm³/mol. The molecule has 23 heavy (non-hydrogen) atoms. The number of nitriles is 1. The van der Waals surface area contributed by atoms with Gasteiger partial charge in [-0.2, -0.15) is 5.26 Å². The minimum atomic E-state index is 0.230. The monoisotopic (exact) mass is 315 g/mol. The van der Waals surface area contributed by atoms with Crippen molar-refractivity contribution >= 4 is 11.5 Å². The van der Waals surface area contributed by atoms with Crippen molar-refractivity contribution in [2.45, 2.75) is 38.0 Å². The average Bonchev–Trinajstić information content (AvgIpc) is 2.93. The molecule has 2 unspecified atom stereocenters. The van der Waals surface area contributed by atoms with Crippen LogP contribution in [0.1, 0.15) is 25.5 Å². The van der Waals surface area contributed by atoms with Crippen LogP contribution in [0.25, 0.3) is 0 Å². The summed E-state index contributed by atoms with van der Waals surface area (Å²) in [5, 5.41) is 17.9. The Labute approximate surface area is 135 Å². The standard InChI is InChI=1S/C16H21N5O2/c1-11-10-22-5-4-21(11)15-6-16(19-18-14(15)7-17)20-8-12-2-3-13(9-20)23-12/h6,11-13H,2-5,8-10H2,1H3/t11-,12?,13?/m0/s1. The molecular formula is C16H21N5O2. The van der Waals surface area contributed by atoms with Gasteiger partial charge in [0.15, 0.2) is 11.5 Å². The normalized spacial score (nSPS) is 30.3. The SMILES string of the molecule is C[C@H]1COCCN1c1cc(N2CC3CCC(C2)O3)nnc1C#N. The first-order chi connectivity index (χ1) is 11.2. The van der Waals surface area contributed by atoms with Gasteiger partial charge >= 0.3 is 0 Å². The summed E-state index contributed by atoms with van der Waals surface area (Å²) in [6.45, 7) is 5.94. The summed E-state index contributed by atoms with van der Waals surface area (Å²) in [5.74, 6) is 0.845. The van der Waals surface area contributed by atoms with Gasteiger partial charge in [0, 0.05) is 31.7 Å². The maximum Gasteiger partial charge on any atom is 0.186 e. The van der Waals surface area contributed by atoms with E-state index >= 15 is 0 Å². The second-order valence-corrected chi connectivity index (χ2v) is 6.53. The molecule has 7 heteroatoms. The van der Waals surface area contributed by atoms with Crippen LogP contribution >= 0.6 is 0 Å². The second-order valence-electron chi connectivity index (χ2n) is 6.53. The molecular weight excluding hydrogens is 294 g/mol. The molecule has 0 aliphatic carbocycles. The minimum Gasteiger partial charge on any atom is -0.377 e. The highest BCUT2D eigenvalue weighted by Crippen LogP contribution is 2.31. The van der Waals surface area contributed by atoms with Crippen LogP contribution in [0.3, 0.4) is 0 Å². The number of aromatic nitrogens is 2. The summed E-state index contributed by atoms with van der Waals surface area (Å²) < 4.78 is 11.4. The summed E-state index contributed by atoms with van der Waals surface area (Å²) in [7, 11) is 0. The molecule has 1 aromatic rings. The van der Waals surface area contributed by atoms with Crippen LogP contribution in [0.4, 0.5) is 11.5 Å². The first kappa shape index (κ1) is 14.7. The van der Waals surface area contributed by atoms with Crippen molar-refractivity contribution in [2.24, 2.45) is 0 Å². The minimum absolute atomic E-state index is 0.230. The van der Waals surface area contributed by atoms with Crippen molar-refractivity contribution < 1.29 is 9.47 Å². The lowest BCUT2D eigenvalue weighted by Gasteiger charge is -2.36. The molecule has 0 spiro atoms. The lowest BCUT2D eigenvalue weighted by atomic mass is 10.2. The van der Waals surface area contributed by atoms with Crippen molar-refractivity contribution in [1.82, 2.24) is 10.2 Å². The van der Waals surface area contributed by atoms with E-state index in [-0.39, 0.29) is 6.04 Å². The second kappa shape index (κ2) is 5.95. The Hall–Kier alpha value is -1.91. The number of nitrogens with zero attached hydrogens (tertiary/aromatic N) is 5. The molecule has 0 saturated carbocycles. The molecule has 0 N–H and O–H groups in total. The van der Waals surface area contributed by atoms with E-state index in [0.717, 1.165) is 44.0 Å². The molecule has 3 aliphatic rings. The fraction of sp³-hybridized carbons (Fsp3) is 0.688. The van der Waals surface area contributed by atoms with Crippen LogP contribution in [0, 0.1) is 11.3 Å². The molecule has 4 rings (SSSR count). The highest BCUT2D eigenvalue weighted by Gasteiger charge is 2.35. The average molecular weight is 315 g/mol. The van der Waals surface area contributed by atoms with Gasteiger partial charge < -0.3 is 19.3 Å². The Kier molecular flexibility index (Phi) is 3.79. The van der Waals surface area contributed by atoms with Gasteiger partial charge in [0.1, 0.15) is 6.07 Å². The lowest BCUT2D eigenvalue weighted by molar-refractivity contribution is 0.0301. The van der Waals surface area contributed by atoms with Gasteiger partial charge in [0.05, 0.1) is 31.1 Å². The van der Waals surface area contributed by atoms with E-state index in [4.69, 9.17) is 9.47 Å². The number of fused-ring (bicyclic) bond motifs is 2. The molecule has 0 aromatic carbocycles. The first-order valence-electron chi connectivity index (χ1n) is 8.27. The highest BCUT2D eigenvalue weighted by atomic mass is 16.5. The smallest absolute Gasteiger partial charge is 0.186 e. The summed E-state index contributed by atoms with van der Waals surface area (Å²) in [5.41, 5.74) is 1.26. The number of ether oxygens (including phenoxy) is 2. The zero-order valence-corrected chi connectivity index (χ0v) is 13.3. The van der Waals surface area contributed by atoms with E-state index < -0.39 is 0 Å². The van der Waals surface area contributed by atoms with Crippen molar-refractivity contribution in [1.29, 1.82) is 5.26 Å². The molecule has 3 aliphatic heterocycles. The van der Waals surface area contributed by atoms with Crippen LogP contribution in [-0.2, 0) is 9.47 Å². The van der Waals surface area contributed by atoms with Crippen LogP contribution in [0.2, 0.25) is 0 Å². The Morgan fingerprint density at radius 1 is 1.26 bits per heavy atom. The molecule has 0 radical (unpaired) electrons. The largest absolute Gasteiger partial charge is 0.377 e. The summed E-state index contributed by atoms with van der Waals surface area (Å²) in [6, 6.07) is 4.42. The molecule has 3 fully saturated rings. The number of rotatable bonds is 2. The van der Waals surface area contributed by atoms with Crippen LogP contribution < -0.4 is 9.80 Å². The molecule has 1 aromatic heterocycles. The highest BCUT2D eigenvalue weighted by molar-refractivity contribution is 5.62. The van der Waals surface area contributed by atoms with Crippen molar-refractivity contribution in [2.75, 3.05) is 42.6 Å². The third-order valence-corrected chi connectivity index (χ3v) is 4.91. The van der Waals surface area contributed by atoms with E-state index in [2.05, 4.69) is 33.0 Å². The summed E-state index contributed by atoms with van der Waals surface area (Å²) >= 11 is 0. The maximum atomic E-state index is 9.39. The fourth-order valence-corrected chi connectivity index (χ4v) is 3.71. The number of hydrogen-bond donors (Lipinski definition) is 0. The van der Waals surface area contributed by atoms with Crippen LogP contribution in [0.5, 0.6) is 0 Å². The zero-order chi connectivity index (χ0) is 15.8. The molecule has 122 valence electrons. The molecule has 2 bridgehead atoms. The first-order valence-corrected chi connectivity index (χ1v) is 8.27. The zero-order valence-electron chi connectivity index (χ0n) is 13.3. The van der Waals surface area contributed by atoms with Gasteiger partial charge in [0.25, 0.3) is 0 Å². The quantitative estimate of drug-likeness (QED) is 0.804. The van der Waals surface area contributed by atoms with Gasteiger partial charge in [-0.3, -0.25) is 0 Å². The van der Waals surface area contributed by atoms with Crippen molar-refractivity contribution in [3.8, 4) is 6.07 Å². The van der Waals surface area contributed by atoms with E-state index in [1.54, 1.807) is 0 Å². The van der Waals surface area contributed by atoms with Gasteiger partial charge in [-0.25, -0.2) is 0 Å². The van der Waals surface area contributed by atoms with Crippen LogP contribution in [0.15, 0.2) is 6.07 Å². The Morgan fingerprint density at radius 2 is 2.04 bits per heavy atom. The van der Waals surface area contributed by atoms with Gasteiger partial charge in [-0.15, -0.1) is 10.2 Å². The lowest BCUT2D eigenvalue weighted by Crippen LogP contribution is -2.45. The summed E-state index contributed by atoms with van der Waals surface area (Å²) in [4.78, 5) is 4.45. The Morgan fingerprint density at radius 3 is 2.74 bits per heavy atom. The maximum absolute atomic E-state index is 9.39. The third-order valence-electron chi connectivity index (χ3n) is 4.91. The Bertz CT molecular complexity index is 619. The molecule has 4 heterocycles. The fourth-order valence-electron chi connectivity index (χ4n) is 3.71.